The van der Waals surface area contributed by atoms with Crippen LogP contribution in [0.3, 0.4) is 0 Å². The van der Waals surface area contributed by atoms with Crippen LogP contribution < -0.4 is 0 Å². The Bertz CT molecular complexity index is 223. The Labute approximate surface area is 114 Å². The normalized spacial score (nSPS) is 32.0. The molecule has 0 N–H and O–H groups in total. The lowest BCUT2D eigenvalue weighted by Crippen LogP contribution is -2.50. The molecule has 0 amide bonds. The molecule has 0 radical (unpaired) electrons. The Balaban J connectivity index is 1.66. The Hall–Kier alpha value is -0.0800. The van der Waals surface area contributed by atoms with Crippen LogP contribution in [0.2, 0.25) is 0 Å². The molecular formula is C16H32N2. The lowest BCUT2D eigenvalue weighted by atomic mass is 9.80. The first-order valence-corrected chi connectivity index (χ1v) is 8.15. The zero-order valence-corrected chi connectivity index (χ0v) is 12.7. The average Bonchev–Trinajstić information content (AvgIpc) is 2.40. The summed E-state index contributed by atoms with van der Waals surface area (Å²) < 4.78 is 0. The minimum Gasteiger partial charge on any atom is -0.301 e. The highest BCUT2D eigenvalue weighted by atomic mass is 15.3. The molecule has 106 valence electrons. The number of piperazine rings is 1. The van der Waals surface area contributed by atoms with E-state index in [1.807, 2.05) is 0 Å². The number of hydrogen-bond acceptors (Lipinski definition) is 2. The number of hydrogen-bond donors (Lipinski definition) is 0. The summed E-state index contributed by atoms with van der Waals surface area (Å²) in [5.74, 6) is 2.04. The third-order valence-corrected chi connectivity index (χ3v) is 5.20. The summed E-state index contributed by atoms with van der Waals surface area (Å²) in [6.45, 7) is 13.5. The van der Waals surface area contributed by atoms with Gasteiger partial charge in [0.25, 0.3) is 0 Å². The minimum absolute atomic E-state index is 0.729. The molecule has 1 aliphatic heterocycles. The molecule has 2 rings (SSSR count). The largest absolute Gasteiger partial charge is 0.301 e. The van der Waals surface area contributed by atoms with Crippen LogP contribution in [0.4, 0.5) is 0 Å². The summed E-state index contributed by atoms with van der Waals surface area (Å²) in [4.78, 5) is 5.33. The summed E-state index contributed by atoms with van der Waals surface area (Å²) in [7, 11) is 0. The summed E-state index contributed by atoms with van der Waals surface area (Å²) in [5, 5.41) is 0. The Morgan fingerprint density at radius 2 is 1.44 bits per heavy atom. The average molecular weight is 252 g/mol. The maximum atomic E-state index is 2.72. The van der Waals surface area contributed by atoms with E-state index in [4.69, 9.17) is 0 Å². The van der Waals surface area contributed by atoms with Gasteiger partial charge in [-0.25, -0.2) is 0 Å². The van der Waals surface area contributed by atoms with Gasteiger partial charge in [-0.05, 0) is 38.5 Å². The van der Waals surface area contributed by atoms with Crippen molar-refractivity contribution >= 4 is 0 Å². The summed E-state index contributed by atoms with van der Waals surface area (Å²) in [6, 6.07) is 0.729. The fourth-order valence-electron chi connectivity index (χ4n) is 3.65. The first-order chi connectivity index (χ1) is 8.69. The van der Waals surface area contributed by atoms with Crippen LogP contribution >= 0.6 is 0 Å². The highest BCUT2D eigenvalue weighted by molar-refractivity contribution is 4.79. The second kappa shape index (κ2) is 6.91. The number of nitrogens with zero attached hydrogens (tertiary/aromatic N) is 2. The van der Waals surface area contributed by atoms with E-state index in [0.717, 1.165) is 17.9 Å². The van der Waals surface area contributed by atoms with Crippen molar-refractivity contribution in [3.05, 3.63) is 0 Å². The minimum atomic E-state index is 0.729. The van der Waals surface area contributed by atoms with Crippen LogP contribution in [0.25, 0.3) is 0 Å². The van der Waals surface area contributed by atoms with Crippen LogP contribution in [0.15, 0.2) is 0 Å². The van der Waals surface area contributed by atoms with Crippen molar-refractivity contribution in [2.24, 2.45) is 11.8 Å². The zero-order valence-electron chi connectivity index (χ0n) is 12.7. The summed E-state index contributed by atoms with van der Waals surface area (Å²) in [6.07, 6.45) is 7.37. The van der Waals surface area contributed by atoms with E-state index in [1.165, 1.54) is 64.8 Å². The molecule has 1 saturated heterocycles. The van der Waals surface area contributed by atoms with E-state index in [-0.39, 0.29) is 0 Å². The summed E-state index contributed by atoms with van der Waals surface area (Å²) >= 11 is 0. The fourth-order valence-corrected chi connectivity index (χ4v) is 3.65. The van der Waals surface area contributed by atoms with Crippen molar-refractivity contribution in [1.82, 2.24) is 9.80 Å². The topological polar surface area (TPSA) is 6.48 Å². The molecule has 1 aliphatic carbocycles. The van der Waals surface area contributed by atoms with E-state index in [0.29, 0.717) is 0 Å². The molecule has 1 heterocycles. The second-order valence-corrected chi connectivity index (χ2v) is 6.73. The van der Waals surface area contributed by atoms with Crippen molar-refractivity contribution in [3.8, 4) is 0 Å². The molecule has 0 unspecified atom stereocenters. The zero-order chi connectivity index (χ0) is 13.0. The van der Waals surface area contributed by atoms with Gasteiger partial charge in [0.05, 0.1) is 0 Å². The highest BCUT2D eigenvalue weighted by Gasteiger charge is 2.24. The van der Waals surface area contributed by atoms with Crippen LogP contribution in [-0.4, -0.2) is 48.6 Å². The van der Waals surface area contributed by atoms with Crippen molar-refractivity contribution in [2.45, 2.75) is 58.9 Å². The molecular weight excluding hydrogens is 220 g/mol. The van der Waals surface area contributed by atoms with Gasteiger partial charge in [0.15, 0.2) is 0 Å². The van der Waals surface area contributed by atoms with Gasteiger partial charge in [-0.1, -0.05) is 26.2 Å². The Kier molecular flexibility index (Phi) is 5.50. The third kappa shape index (κ3) is 3.96. The van der Waals surface area contributed by atoms with Crippen molar-refractivity contribution in [3.63, 3.8) is 0 Å². The molecule has 0 spiro atoms. The monoisotopic (exact) mass is 252 g/mol. The van der Waals surface area contributed by atoms with Gasteiger partial charge < -0.3 is 4.90 Å². The SMILES string of the molecule is CCC1CCC(CN2CCN(C(C)C)CC2)CC1. The predicted molar refractivity (Wildman–Crippen MR) is 78.9 cm³/mol. The third-order valence-electron chi connectivity index (χ3n) is 5.20. The van der Waals surface area contributed by atoms with Gasteiger partial charge in [0.1, 0.15) is 0 Å². The van der Waals surface area contributed by atoms with Crippen LogP contribution in [0.1, 0.15) is 52.9 Å². The second-order valence-electron chi connectivity index (χ2n) is 6.73. The first kappa shape index (κ1) is 14.3. The molecule has 2 fully saturated rings. The predicted octanol–water partition coefficient (Wildman–Crippen LogP) is 3.23. The Morgan fingerprint density at radius 1 is 0.889 bits per heavy atom. The smallest absolute Gasteiger partial charge is 0.0113 e. The first-order valence-electron chi connectivity index (χ1n) is 8.15. The lowest BCUT2D eigenvalue weighted by Gasteiger charge is -2.39. The molecule has 0 aromatic carbocycles. The standard InChI is InChI=1S/C16H32N2/c1-4-15-5-7-16(8-6-15)13-17-9-11-18(12-10-17)14(2)3/h14-16H,4-13H2,1-3H3. The molecule has 1 saturated carbocycles. The Morgan fingerprint density at radius 3 is 1.94 bits per heavy atom. The van der Waals surface area contributed by atoms with Gasteiger partial charge in [-0.15, -0.1) is 0 Å². The molecule has 0 bridgehead atoms. The maximum Gasteiger partial charge on any atom is 0.0113 e. The van der Waals surface area contributed by atoms with E-state index >= 15 is 0 Å². The summed E-state index contributed by atoms with van der Waals surface area (Å²) in [5.41, 5.74) is 0. The molecule has 18 heavy (non-hydrogen) atoms. The van der Waals surface area contributed by atoms with Gasteiger partial charge in [-0.3, -0.25) is 4.90 Å². The van der Waals surface area contributed by atoms with E-state index in [9.17, 15) is 0 Å². The molecule has 0 aromatic heterocycles. The molecule has 2 nitrogen and oxygen atoms in total. The molecule has 0 atom stereocenters. The fraction of sp³-hybridized carbons (Fsp3) is 1.00. The van der Waals surface area contributed by atoms with E-state index < -0.39 is 0 Å². The highest BCUT2D eigenvalue weighted by Crippen LogP contribution is 2.31. The maximum absolute atomic E-state index is 2.72. The van der Waals surface area contributed by atoms with Crippen molar-refractivity contribution < 1.29 is 0 Å². The van der Waals surface area contributed by atoms with Gasteiger partial charge in [0, 0.05) is 38.8 Å². The van der Waals surface area contributed by atoms with Crippen molar-refractivity contribution in [2.75, 3.05) is 32.7 Å². The van der Waals surface area contributed by atoms with Gasteiger partial charge in [-0.2, -0.15) is 0 Å². The number of rotatable bonds is 4. The quantitative estimate of drug-likeness (QED) is 0.758. The van der Waals surface area contributed by atoms with Gasteiger partial charge >= 0.3 is 0 Å². The molecule has 0 aromatic rings. The molecule has 2 aliphatic rings. The van der Waals surface area contributed by atoms with Crippen LogP contribution in [0.5, 0.6) is 0 Å². The lowest BCUT2D eigenvalue weighted by molar-refractivity contribution is 0.0871. The van der Waals surface area contributed by atoms with Crippen molar-refractivity contribution in [1.29, 1.82) is 0 Å². The van der Waals surface area contributed by atoms with E-state index in [1.54, 1.807) is 0 Å². The van der Waals surface area contributed by atoms with Crippen LogP contribution in [0, 0.1) is 11.8 Å². The molecule has 2 heteroatoms. The van der Waals surface area contributed by atoms with Gasteiger partial charge in [0.2, 0.25) is 0 Å². The van der Waals surface area contributed by atoms with Crippen LogP contribution in [-0.2, 0) is 0 Å². The van der Waals surface area contributed by atoms with E-state index in [2.05, 4.69) is 30.6 Å².